The molecule has 0 saturated heterocycles. The van der Waals surface area contributed by atoms with Crippen molar-refractivity contribution in [3.05, 3.63) is 72.6 Å². The molecule has 2 aromatic carbocycles. The Morgan fingerprint density at radius 3 is 2.31 bits per heavy atom. The third-order valence-corrected chi connectivity index (χ3v) is 8.40. The lowest BCUT2D eigenvalue weighted by Gasteiger charge is -2.24. The van der Waals surface area contributed by atoms with Crippen LogP contribution in [-0.2, 0) is 19.6 Å². The van der Waals surface area contributed by atoms with Gasteiger partial charge in [-0.25, -0.2) is 22.2 Å². The molecule has 2 aromatic heterocycles. The first-order valence-corrected chi connectivity index (χ1v) is 15.7. The summed E-state index contributed by atoms with van der Waals surface area (Å²) in [7, 11) is -4.02. The fraction of sp³-hybridized carbons (Fsp3) is 0.344. The van der Waals surface area contributed by atoms with Gasteiger partial charge in [-0.3, -0.25) is 4.79 Å². The quantitative estimate of drug-likeness (QED) is 0.196. The highest BCUT2D eigenvalue weighted by Gasteiger charge is 2.27. The molecule has 0 aliphatic carbocycles. The number of benzene rings is 2. The third kappa shape index (κ3) is 7.96. The molecule has 0 bridgehead atoms. The number of nitrogens with one attached hydrogen (secondary N) is 2. The molecule has 10 nitrogen and oxygen atoms in total. The Morgan fingerprint density at radius 1 is 1.00 bits per heavy atom. The third-order valence-electron chi connectivity index (χ3n) is 6.59. The Morgan fingerprint density at radius 2 is 1.69 bits per heavy atom. The first-order chi connectivity index (χ1) is 21.1. The molecule has 0 radical (unpaired) electrons. The predicted octanol–water partition coefficient (Wildman–Crippen LogP) is 6.73. The summed E-state index contributed by atoms with van der Waals surface area (Å²) in [6, 6.07) is 14.3. The first kappa shape index (κ1) is 33.4. The molecule has 13 heteroatoms. The summed E-state index contributed by atoms with van der Waals surface area (Å²) in [6.07, 6.45) is 0.911. The molecule has 0 aliphatic heterocycles. The van der Waals surface area contributed by atoms with Crippen molar-refractivity contribution in [3.8, 4) is 16.9 Å². The number of rotatable bonds is 10. The van der Waals surface area contributed by atoms with Gasteiger partial charge in [-0.1, -0.05) is 32.0 Å². The zero-order chi connectivity index (χ0) is 33.1. The van der Waals surface area contributed by atoms with E-state index in [0.717, 1.165) is 3.97 Å². The number of aryl methyl sites for hydroxylation is 1. The number of anilines is 1. The normalized spacial score (nSPS) is 12.8. The summed E-state index contributed by atoms with van der Waals surface area (Å²) in [6.45, 7) is 7.28. The second-order valence-electron chi connectivity index (χ2n) is 11.9. The second kappa shape index (κ2) is 13.2. The van der Waals surface area contributed by atoms with Gasteiger partial charge in [0, 0.05) is 34.6 Å². The molecule has 240 valence electrons. The molecule has 1 atom stereocenters. The topological polar surface area (TPSA) is 129 Å². The molecule has 0 aliphatic rings. The van der Waals surface area contributed by atoms with E-state index in [1.165, 1.54) is 36.5 Å². The SMILES string of the molecule is Cc1cc2c(-c3ccc(NC(=O)[C@@H](CC(C)C)NC(=O)OC(C)(C)C)cc3OC(F)F)ccnc2n1S(=O)(=O)c1ccccc1. The first-order valence-electron chi connectivity index (χ1n) is 14.2. The minimum atomic E-state index is -4.02. The van der Waals surface area contributed by atoms with E-state index in [-0.39, 0.29) is 33.5 Å². The van der Waals surface area contributed by atoms with Gasteiger partial charge >= 0.3 is 12.7 Å². The number of aromatic nitrogens is 2. The summed E-state index contributed by atoms with van der Waals surface area (Å²) in [5.74, 6) is -0.797. The molecule has 2 N–H and O–H groups in total. The molecule has 45 heavy (non-hydrogen) atoms. The molecule has 0 spiro atoms. The molecule has 4 rings (SSSR count). The summed E-state index contributed by atoms with van der Waals surface area (Å²) in [4.78, 5) is 30.0. The maximum Gasteiger partial charge on any atom is 0.408 e. The molecule has 2 heterocycles. The van der Waals surface area contributed by atoms with Gasteiger partial charge in [0.05, 0.1) is 4.90 Å². The minimum absolute atomic E-state index is 0.0337. The fourth-order valence-corrected chi connectivity index (χ4v) is 6.35. The minimum Gasteiger partial charge on any atom is -0.444 e. The molecule has 2 amide bonds. The number of hydrogen-bond donors (Lipinski definition) is 2. The van der Waals surface area contributed by atoms with E-state index in [4.69, 9.17) is 9.47 Å². The van der Waals surface area contributed by atoms with Crippen molar-refractivity contribution in [2.45, 2.75) is 71.1 Å². The zero-order valence-electron chi connectivity index (χ0n) is 25.8. The predicted molar refractivity (Wildman–Crippen MR) is 167 cm³/mol. The van der Waals surface area contributed by atoms with Crippen LogP contribution in [0.5, 0.6) is 5.75 Å². The highest BCUT2D eigenvalue weighted by molar-refractivity contribution is 7.90. The second-order valence-corrected chi connectivity index (χ2v) is 13.7. The average Bonchev–Trinajstić information content (AvgIpc) is 3.28. The number of amides is 2. The smallest absolute Gasteiger partial charge is 0.408 e. The van der Waals surface area contributed by atoms with Crippen LogP contribution in [0.25, 0.3) is 22.2 Å². The van der Waals surface area contributed by atoms with E-state index in [1.807, 2.05) is 13.8 Å². The highest BCUT2D eigenvalue weighted by Crippen LogP contribution is 2.39. The van der Waals surface area contributed by atoms with E-state index < -0.39 is 40.3 Å². The Labute approximate surface area is 260 Å². The molecular formula is C32H36F2N4O6S. The number of pyridine rings is 1. The van der Waals surface area contributed by atoms with Gasteiger partial charge < -0.3 is 20.1 Å². The number of halogens is 2. The van der Waals surface area contributed by atoms with Crippen LogP contribution < -0.4 is 15.4 Å². The maximum absolute atomic E-state index is 13.6. The van der Waals surface area contributed by atoms with Gasteiger partial charge in [-0.15, -0.1) is 0 Å². The number of carbonyl (C=O) groups is 2. The van der Waals surface area contributed by atoms with Crippen LogP contribution in [0, 0.1) is 12.8 Å². The fourth-order valence-electron chi connectivity index (χ4n) is 4.84. The van der Waals surface area contributed by atoms with E-state index >= 15 is 0 Å². The largest absolute Gasteiger partial charge is 0.444 e. The number of fused-ring (bicyclic) bond motifs is 1. The number of carbonyl (C=O) groups excluding carboxylic acids is 2. The van der Waals surface area contributed by atoms with Crippen molar-refractivity contribution in [3.63, 3.8) is 0 Å². The molecule has 0 unspecified atom stereocenters. The monoisotopic (exact) mass is 642 g/mol. The summed E-state index contributed by atoms with van der Waals surface area (Å²) in [5.41, 5.74) is 0.458. The van der Waals surface area contributed by atoms with E-state index in [2.05, 4.69) is 15.6 Å². The van der Waals surface area contributed by atoms with Crippen molar-refractivity contribution < 1.29 is 36.3 Å². The van der Waals surface area contributed by atoms with Gasteiger partial charge in [-0.2, -0.15) is 8.78 Å². The highest BCUT2D eigenvalue weighted by atomic mass is 32.2. The summed E-state index contributed by atoms with van der Waals surface area (Å²) < 4.78 is 65.5. The van der Waals surface area contributed by atoms with Crippen molar-refractivity contribution in [2.24, 2.45) is 5.92 Å². The maximum atomic E-state index is 13.6. The zero-order valence-corrected chi connectivity index (χ0v) is 26.6. The lowest BCUT2D eigenvalue weighted by Crippen LogP contribution is -2.46. The summed E-state index contributed by atoms with van der Waals surface area (Å²) >= 11 is 0. The van der Waals surface area contributed by atoms with E-state index in [1.54, 1.807) is 58.0 Å². The van der Waals surface area contributed by atoms with Crippen molar-refractivity contribution in [1.29, 1.82) is 0 Å². The summed E-state index contributed by atoms with van der Waals surface area (Å²) in [5, 5.41) is 5.64. The van der Waals surface area contributed by atoms with Crippen molar-refractivity contribution in [1.82, 2.24) is 14.3 Å². The Bertz CT molecular complexity index is 1800. The average molecular weight is 643 g/mol. The molecule has 0 saturated carbocycles. The van der Waals surface area contributed by atoms with Crippen LogP contribution in [0.2, 0.25) is 0 Å². The number of ether oxygens (including phenoxy) is 2. The number of alkyl halides is 2. The Balaban J connectivity index is 1.72. The van der Waals surface area contributed by atoms with Crippen LogP contribution in [0.4, 0.5) is 19.3 Å². The molecule has 0 fully saturated rings. The van der Waals surface area contributed by atoms with Crippen molar-refractivity contribution >= 4 is 38.7 Å². The number of hydrogen-bond acceptors (Lipinski definition) is 7. The Hall–Kier alpha value is -4.52. The number of alkyl carbamates (subject to hydrolysis) is 1. The molecular weight excluding hydrogens is 606 g/mol. The van der Waals surface area contributed by atoms with Crippen molar-refractivity contribution in [2.75, 3.05) is 5.32 Å². The van der Waals surface area contributed by atoms with Gasteiger partial charge in [-0.05, 0) is 82.0 Å². The van der Waals surface area contributed by atoms with Crippen LogP contribution in [0.3, 0.4) is 0 Å². The standard InChI is InChI=1S/C32H36F2N4O6S/c1-19(2)16-26(37-31(40)44-32(4,5)6)29(39)36-21-12-13-24(27(18-21)43-30(33)34)23-14-15-35-28-25(23)17-20(3)38(28)45(41,42)22-10-8-7-9-11-22/h7-15,17-19,26,30H,16H2,1-6H3,(H,36,39)(H,37,40)/t26-/m1/s1. The Kier molecular flexibility index (Phi) is 9.81. The van der Waals surface area contributed by atoms with E-state index in [9.17, 15) is 26.8 Å². The van der Waals surface area contributed by atoms with Crippen LogP contribution in [0.1, 0.15) is 46.7 Å². The van der Waals surface area contributed by atoms with Gasteiger partial charge in [0.15, 0.2) is 5.65 Å². The number of nitrogens with zero attached hydrogens (tertiary/aromatic N) is 2. The molecule has 4 aromatic rings. The van der Waals surface area contributed by atoms with Gasteiger partial charge in [0.25, 0.3) is 10.0 Å². The van der Waals surface area contributed by atoms with Gasteiger partial charge in [0.2, 0.25) is 5.91 Å². The van der Waals surface area contributed by atoms with E-state index in [0.29, 0.717) is 23.1 Å². The lowest BCUT2D eigenvalue weighted by atomic mass is 10.0. The van der Waals surface area contributed by atoms with Crippen LogP contribution in [0.15, 0.2) is 71.8 Å². The van der Waals surface area contributed by atoms with Crippen LogP contribution in [-0.4, -0.2) is 47.6 Å². The lowest BCUT2D eigenvalue weighted by molar-refractivity contribution is -0.118. The van der Waals surface area contributed by atoms with Gasteiger partial charge in [0.1, 0.15) is 17.4 Å². The van der Waals surface area contributed by atoms with Crippen LogP contribution >= 0.6 is 0 Å².